The van der Waals surface area contributed by atoms with Gasteiger partial charge in [0.2, 0.25) is 0 Å². The van der Waals surface area contributed by atoms with Gasteiger partial charge in [-0.2, -0.15) is 0 Å². The van der Waals surface area contributed by atoms with E-state index in [1.165, 1.54) is 11.1 Å². The van der Waals surface area contributed by atoms with Crippen molar-refractivity contribution in [2.24, 2.45) is 0 Å². The van der Waals surface area contributed by atoms with Crippen molar-refractivity contribution in [2.75, 3.05) is 0 Å². The highest BCUT2D eigenvalue weighted by Gasteiger charge is 1.97. The van der Waals surface area contributed by atoms with E-state index >= 15 is 0 Å². The molecule has 0 aromatic heterocycles. The van der Waals surface area contributed by atoms with Crippen LogP contribution >= 0.6 is 23.2 Å². The highest BCUT2D eigenvalue weighted by Crippen LogP contribution is 2.14. The van der Waals surface area contributed by atoms with Crippen molar-refractivity contribution in [3.05, 3.63) is 69.7 Å². The maximum Gasteiger partial charge on any atom is 0.0408 e. The Morgan fingerprint density at radius 2 is 1.38 bits per heavy atom. The molecule has 0 aliphatic rings. The fourth-order valence-corrected chi connectivity index (χ4v) is 1.97. The van der Waals surface area contributed by atoms with Crippen molar-refractivity contribution in [1.29, 1.82) is 0 Å². The highest BCUT2D eigenvalue weighted by atomic mass is 35.5. The summed E-state index contributed by atoms with van der Waals surface area (Å²) < 4.78 is 0. The van der Waals surface area contributed by atoms with E-state index in [1.54, 1.807) is 0 Å². The third-order valence-corrected chi connectivity index (χ3v) is 2.99. The van der Waals surface area contributed by atoms with Crippen LogP contribution < -0.4 is 0 Å². The predicted octanol–water partition coefficient (Wildman–Crippen LogP) is 4.78. The predicted molar refractivity (Wildman–Crippen MR) is 70.3 cm³/mol. The molecule has 0 saturated carbocycles. The van der Waals surface area contributed by atoms with Crippen LogP contribution in [0.3, 0.4) is 0 Å². The van der Waals surface area contributed by atoms with Gasteiger partial charge >= 0.3 is 0 Å². The molecule has 0 aliphatic heterocycles. The zero-order valence-electron chi connectivity index (χ0n) is 8.79. The Hall–Kier alpha value is -0.980. The van der Waals surface area contributed by atoms with E-state index in [2.05, 4.69) is 18.2 Å². The fourth-order valence-electron chi connectivity index (χ4n) is 1.63. The first-order valence-corrected chi connectivity index (χ1v) is 5.98. The molecular weight excluding hydrogens is 239 g/mol. The monoisotopic (exact) mass is 250 g/mol. The molecule has 2 aromatic rings. The van der Waals surface area contributed by atoms with E-state index < -0.39 is 0 Å². The fraction of sp³-hybridized carbons (Fsp3) is 0.143. The van der Waals surface area contributed by atoms with Crippen LogP contribution in [0.15, 0.2) is 48.5 Å². The van der Waals surface area contributed by atoms with Crippen molar-refractivity contribution >= 4 is 23.2 Å². The van der Waals surface area contributed by atoms with E-state index in [9.17, 15) is 0 Å². The minimum Gasteiger partial charge on any atom is -0.0843 e. The lowest BCUT2D eigenvalue weighted by Crippen LogP contribution is -1.90. The lowest BCUT2D eigenvalue weighted by molar-refractivity contribution is 0.960. The Labute approximate surface area is 106 Å². The van der Waals surface area contributed by atoms with Gasteiger partial charge in [-0.3, -0.25) is 0 Å². The molecule has 0 radical (unpaired) electrons. The van der Waals surface area contributed by atoms with Crippen molar-refractivity contribution in [2.45, 2.75) is 12.8 Å². The molecule has 0 amide bonds. The highest BCUT2D eigenvalue weighted by molar-refractivity contribution is 6.30. The topological polar surface area (TPSA) is 0 Å². The molecular formula is C14H12Cl2. The number of halogens is 2. The van der Waals surface area contributed by atoms with Crippen molar-refractivity contribution in [3.63, 3.8) is 0 Å². The Bertz CT molecular complexity index is 460. The molecule has 2 rings (SSSR count). The van der Waals surface area contributed by atoms with Gasteiger partial charge in [-0.15, -0.1) is 0 Å². The van der Waals surface area contributed by atoms with E-state index in [-0.39, 0.29) is 0 Å². The number of rotatable bonds is 3. The summed E-state index contributed by atoms with van der Waals surface area (Å²) >= 11 is 11.8. The van der Waals surface area contributed by atoms with E-state index in [0.29, 0.717) is 0 Å². The number of hydrogen-bond donors (Lipinski definition) is 0. The van der Waals surface area contributed by atoms with Crippen LogP contribution in [-0.4, -0.2) is 0 Å². The lowest BCUT2D eigenvalue weighted by Gasteiger charge is -2.02. The minimum atomic E-state index is 0.784. The van der Waals surface area contributed by atoms with Crippen LogP contribution in [0.25, 0.3) is 0 Å². The molecule has 82 valence electrons. The molecule has 2 aromatic carbocycles. The Kier molecular flexibility index (Phi) is 3.87. The molecule has 0 atom stereocenters. The van der Waals surface area contributed by atoms with Gasteiger partial charge in [0.25, 0.3) is 0 Å². The molecule has 2 heteroatoms. The van der Waals surface area contributed by atoms with E-state index in [0.717, 1.165) is 22.9 Å². The second-order valence-corrected chi connectivity index (χ2v) is 4.63. The van der Waals surface area contributed by atoms with Crippen LogP contribution in [0.2, 0.25) is 10.0 Å². The third-order valence-electron chi connectivity index (χ3n) is 2.50. The SMILES string of the molecule is Clc1ccc(CCc2cccc(Cl)c2)cc1. The van der Waals surface area contributed by atoms with Gasteiger partial charge in [-0.25, -0.2) is 0 Å². The molecule has 0 saturated heterocycles. The van der Waals surface area contributed by atoms with Crippen LogP contribution in [0, 0.1) is 0 Å². The van der Waals surface area contributed by atoms with Gasteiger partial charge in [0.15, 0.2) is 0 Å². The van der Waals surface area contributed by atoms with Crippen LogP contribution in [0.5, 0.6) is 0 Å². The average Bonchev–Trinajstić information content (AvgIpc) is 2.28. The summed E-state index contributed by atoms with van der Waals surface area (Å²) in [5.41, 5.74) is 2.56. The smallest absolute Gasteiger partial charge is 0.0408 e. The Morgan fingerprint density at radius 1 is 0.688 bits per heavy atom. The van der Waals surface area contributed by atoms with Gasteiger partial charge < -0.3 is 0 Å². The Morgan fingerprint density at radius 3 is 2.06 bits per heavy atom. The van der Waals surface area contributed by atoms with Crippen molar-refractivity contribution in [1.82, 2.24) is 0 Å². The average molecular weight is 251 g/mol. The number of aryl methyl sites for hydroxylation is 2. The molecule has 0 aliphatic carbocycles. The molecule has 0 fully saturated rings. The van der Waals surface area contributed by atoms with Gasteiger partial charge in [-0.05, 0) is 48.2 Å². The second kappa shape index (κ2) is 5.38. The normalized spacial score (nSPS) is 10.4. The van der Waals surface area contributed by atoms with Gasteiger partial charge in [-0.1, -0.05) is 47.5 Å². The first-order chi connectivity index (χ1) is 7.74. The summed E-state index contributed by atoms with van der Waals surface area (Å²) in [5, 5.41) is 1.58. The van der Waals surface area contributed by atoms with Gasteiger partial charge in [0, 0.05) is 10.0 Å². The number of hydrogen-bond acceptors (Lipinski definition) is 0. The first kappa shape index (κ1) is 11.5. The molecule has 0 nitrogen and oxygen atoms in total. The van der Waals surface area contributed by atoms with Crippen LogP contribution in [0.4, 0.5) is 0 Å². The molecule has 0 unspecified atom stereocenters. The first-order valence-electron chi connectivity index (χ1n) is 5.23. The van der Waals surface area contributed by atoms with E-state index in [1.807, 2.05) is 30.3 Å². The minimum absolute atomic E-state index is 0.784. The van der Waals surface area contributed by atoms with Crippen LogP contribution in [0.1, 0.15) is 11.1 Å². The molecule has 16 heavy (non-hydrogen) atoms. The van der Waals surface area contributed by atoms with Crippen LogP contribution in [-0.2, 0) is 12.8 Å². The summed E-state index contributed by atoms with van der Waals surface area (Å²) in [6.45, 7) is 0. The zero-order valence-corrected chi connectivity index (χ0v) is 10.3. The quantitative estimate of drug-likeness (QED) is 0.736. The van der Waals surface area contributed by atoms with Crippen molar-refractivity contribution in [3.8, 4) is 0 Å². The van der Waals surface area contributed by atoms with Crippen molar-refractivity contribution < 1.29 is 0 Å². The molecule has 0 heterocycles. The summed E-state index contributed by atoms with van der Waals surface area (Å²) in [7, 11) is 0. The third kappa shape index (κ3) is 3.26. The zero-order chi connectivity index (χ0) is 11.4. The summed E-state index contributed by atoms with van der Waals surface area (Å²) in [5.74, 6) is 0. The largest absolute Gasteiger partial charge is 0.0843 e. The lowest BCUT2D eigenvalue weighted by atomic mass is 10.0. The second-order valence-electron chi connectivity index (χ2n) is 3.76. The summed E-state index contributed by atoms with van der Waals surface area (Å²) in [6.07, 6.45) is 2.01. The Balaban J connectivity index is 1.99. The standard InChI is InChI=1S/C14H12Cl2/c15-13-8-6-11(7-9-13)4-5-12-2-1-3-14(16)10-12/h1-3,6-10H,4-5H2. The van der Waals surface area contributed by atoms with Gasteiger partial charge in [0.1, 0.15) is 0 Å². The maximum absolute atomic E-state index is 5.93. The summed E-state index contributed by atoms with van der Waals surface area (Å²) in [6, 6.07) is 16.0. The summed E-state index contributed by atoms with van der Waals surface area (Å²) in [4.78, 5) is 0. The molecule has 0 bridgehead atoms. The maximum atomic E-state index is 5.93. The molecule has 0 spiro atoms. The molecule has 0 N–H and O–H groups in total. The van der Waals surface area contributed by atoms with E-state index in [4.69, 9.17) is 23.2 Å². The number of benzene rings is 2. The van der Waals surface area contributed by atoms with Gasteiger partial charge in [0.05, 0.1) is 0 Å².